The second-order valence-electron chi connectivity index (χ2n) is 2.35. The van der Waals surface area contributed by atoms with E-state index in [1.807, 2.05) is 42.5 Å². The van der Waals surface area contributed by atoms with Crippen molar-refractivity contribution in [2.45, 2.75) is 0 Å². The van der Waals surface area contributed by atoms with Gasteiger partial charge in [0.25, 0.3) is 0 Å². The highest BCUT2D eigenvalue weighted by molar-refractivity contribution is 7.00. The van der Waals surface area contributed by atoms with E-state index in [0.29, 0.717) is 0 Å². The van der Waals surface area contributed by atoms with Crippen LogP contribution in [0.3, 0.4) is 0 Å². The smallest absolute Gasteiger partial charge is 0.151 e. The molecule has 2 rings (SSSR count). The van der Waals surface area contributed by atoms with Gasteiger partial charge in [-0.3, -0.25) is 0 Å². The van der Waals surface area contributed by atoms with E-state index < -0.39 is 0 Å². The molecule has 0 aliphatic heterocycles. The van der Waals surface area contributed by atoms with E-state index in [4.69, 9.17) is 3.85 Å². The zero-order valence-electron chi connectivity index (χ0n) is 6.36. The Kier molecular flexibility index (Phi) is 2.10. The van der Waals surface area contributed by atoms with Crippen LogP contribution in [0.4, 0.5) is 0 Å². The molecule has 0 atom stereocenters. The maximum Gasteiger partial charge on any atom is 0.151 e. The Morgan fingerprint density at radius 3 is 2.92 bits per heavy atom. The van der Waals surface area contributed by atoms with Gasteiger partial charge in [-0.15, -0.1) is 0 Å². The van der Waals surface area contributed by atoms with E-state index in [1.54, 1.807) is 0 Å². The van der Waals surface area contributed by atoms with Crippen LogP contribution in [0, 0.1) is 5.38 Å². The molecule has 0 aliphatic rings. The van der Waals surface area contributed by atoms with Crippen molar-refractivity contribution >= 4 is 22.6 Å². The number of hydrogen-bond acceptors (Lipinski definition) is 2. The highest BCUT2D eigenvalue weighted by Gasteiger charge is 1.87. The number of rotatable bonds is 0. The largest absolute Gasteiger partial charge is 0.401 e. The van der Waals surface area contributed by atoms with E-state index in [-0.39, 0.29) is 0 Å². The summed E-state index contributed by atoms with van der Waals surface area (Å²) in [5.74, 6) is 0. The molecular weight excluding hydrogens is 168 g/mol. The molecule has 59 valence electrons. The van der Waals surface area contributed by atoms with Gasteiger partial charge in [0.15, 0.2) is 5.58 Å². The molecule has 2 aromatic rings. The molecule has 0 aliphatic carbocycles. The van der Waals surface area contributed by atoms with Crippen molar-refractivity contribution in [2.24, 2.45) is 0 Å². The van der Waals surface area contributed by atoms with E-state index in [9.17, 15) is 0 Å². The maximum atomic E-state index is 5.35. The van der Waals surface area contributed by atoms with Gasteiger partial charge in [-0.2, -0.15) is 0 Å². The van der Waals surface area contributed by atoms with Gasteiger partial charge in [-0.05, 0) is 12.1 Å². The van der Waals surface area contributed by atoms with Crippen LogP contribution in [0.25, 0.3) is 11.0 Å². The van der Waals surface area contributed by atoms with Gasteiger partial charge in [0.1, 0.15) is 0 Å². The summed E-state index contributed by atoms with van der Waals surface area (Å²) >= 11 is 1.21. The highest BCUT2D eigenvalue weighted by atomic mass is 32.1. The molecule has 0 amide bonds. The Morgan fingerprint density at radius 1 is 1.08 bits per heavy atom. The van der Waals surface area contributed by atoms with Gasteiger partial charge >= 0.3 is 0 Å². The zero-order valence-corrected chi connectivity index (χ0v) is 7.17. The van der Waals surface area contributed by atoms with Gasteiger partial charge in [0, 0.05) is 17.0 Å². The van der Waals surface area contributed by atoms with Crippen molar-refractivity contribution in [3.05, 3.63) is 47.8 Å². The molecule has 0 saturated heterocycles. The third-order valence-corrected chi connectivity index (χ3v) is 2.03. The molecule has 2 heteroatoms. The Balaban J connectivity index is 2.83. The number of fused-ring (bicyclic) bond motifs is 1. The van der Waals surface area contributed by atoms with Crippen molar-refractivity contribution in [3.63, 3.8) is 0 Å². The molecule has 1 nitrogen and oxygen atoms in total. The molecule has 1 radical (unpaired) electrons. The van der Waals surface area contributed by atoms with Crippen LogP contribution in [0.2, 0.25) is 0 Å². The zero-order chi connectivity index (χ0) is 8.23. The first-order chi connectivity index (χ1) is 5.97. The summed E-state index contributed by atoms with van der Waals surface area (Å²) < 4.78 is 5.35. The predicted molar refractivity (Wildman–Crippen MR) is 50.6 cm³/mol. The Hall–Kier alpha value is -1.28. The summed E-state index contributed by atoms with van der Waals surface area (Å²) in [6.45, 7) is 0. The van der Waals surface area contributed by atoms with Gasteiger partial charge < -0.3 is 3.85 Å². The van der Waals surface area contributed by atoms with E-state index in [1.165, 1.54) is 11.6 Å². The summed E-state index contributed by atoms with van der Waals surface area (Å²) in [6, 6.07) is 13.7. The molecule has 0 N–H and O–H groups in total. The summed E-state index contributed by atoms with van der Waals surface area (Å²) in [7, 11) is 0. The fourth-order valence-corrected chi connectivity index (χ4v) is 1.41. The lowest BCUT2D eigenvalue weighted by molar-refractivity contribution is 0.746. The normalized spacial score (nSPS) is 9.67. The van der Waals surface area contributed by atoms with Crippen LogP contribution in [0.15, 0.2) is 46.3 Å². The van der Waals surface area contributed by atoms with Crippen LogP contribution in [0.1, 0.15) is 0 Å². The molecule has 1 heterocycles. The number of para-hydroxylation sites is 1. The van der Waals surface area contributed by atoms with Crippen LogP contribution >= 0.6 is 11.6 Å². The maximum absolute atomic E-state index is 5.35. The second-order valence-corrected chi connectivity index (χ2v) is 2.92. The predicted octanol–water partition coefficient (Wildman–Crippen LogP) is 3.42. The summed E-state index contributed by atoms with van der Waals surface area (Å²) in [5, 5.41) is 4.01. The SMILES string of the molecule is [c]1cccc2ccccc2os1. The number of benzene rings is 1. The van der Waals surface area contributed by atoms with E-state index >= 15 is 0 Å². The summed E-state index contributed by atoms with van der Waals surface area (Å²) in [6.07, 6.45) is 0. The molecule has 0 bridgehead atoms. The van der Waals surface area contributed by atoms with Crippen LogP contribution in [-0.4, -0.2) is 0 Å². The second kappa shape index (κ2) is 3.41. The number of hydrogen-bond donors (Lipinski definition) is 0. The van der Waals surface area contributed by atoms with Crippen molar-refractivity contribution in [1.82, 2.24) is 0 Å². The highest BCUT2D eigenvalue weighted by Crippen LogP contribution is 2.11. The average molecular weight is 175 g/mol. The molecule has 0 fully saturated rings. The first kappa shape index (κ1) is 7.37. The lowest BCUT2D eigenvalue weighted by Gasteiger charge is -1.89. The molecular formula is C10H7OS. The molecule has 0 spiro atoms. The van der Waals surface area contributed by atoms with Crippen molar-refractivity contribution in [2.75, 3.05) is 0 Å². The third kappa shape index (κ3) is 1.48. The standard InChI is InChI=1S/C10H7OS/c1-2-7-10-9(5-1)6-3-4-8-12-11-10/h1-7H. The average Bonchev–Trinajstić information content (AvgIpc) is 2.06. The van der Waals surface area contributed by atoms with Gasteiger partial charge in [-0.1, -0.05) is 30.3 Å². The molecule has 1 aromatic carbocycles. The minimum absolute atomic E-state index is 0.888. The minimum Gasteiger partial charge on any atom is -0.401 e. The lowest BCUT2D eigenvalue weighted by atomic mass is 10.2. The van der Waals surface area contributed by atoms with E-state index in [0.717, 1.165) is 11.0 Å². The first-order valence-electron chi connectivity index (χ1n) is 3.65. The van der Waals surface area contributed by atoms with E-state index in [2.05, 4.69) is 5.38 Å². The summed E-state index contributed by atoms with van der Waals surface area (Å²) in [5.41, 5.74) is 0.888. The van der Waals surface area contributed by atoms with Crippen molar-refractivity contribution < 1.29 is 3.85 Å². The van der Waals surface area contributed by atoms with Crippen molar-refractivity contribution in [1.29, 1.82) is 0 Å². The Labute approximate surface area is 74.8 Å². The quantitative estimate of drug-likeness (QED) is 0.598. The van der Waals surface area contributed by atoms with Crippen molar-refractivity contribution in [3.8, 4) is 0 Å². The Bertz CT molecular complexity index is 372. The third-order valence-electron chi connectivity index (χ3n) is 1.54. The fourth-order valence-electron chi connectivity index (χ4n) is 0.982. The van der Waals surface area contributed by atoms with Crippen LogP contribution in [0.5, 0.6) is 0 Å². The minimum atomic E-state index is 0.888. The monoisotopic (exact) mass is 175 g/mol. The molecule has 0 unspecified atom stereocenters. The van der Waals surface area contributed by atoms with Gasteiger partial charge in [-0.25, -0.2) is 0 Å². The van der Waals surface area contributed by atoms with Gasteiger partial charge in [0.2, 0.25) is 0 Å². The first-order valence-corrected chi connectivity index (χ1v) is 4.39. The van der Waals surface area contributed by atoms with Gasteiger partial charge in [0.05, 0.1) is 5.38 Å². The molecule has 0 saturated carbocycles. The molecule has 12 heavy (non-hydrogen) atoms. The summed E-state index contributed by atoms with van der Waals surface area (Å²) in [4.78, 5) is 0. The topological polar surface area (TPSA) is 13.1 Å². The van der Waals surface area contributed by atoms with Crippen LogP contribution in [-0.2, 0) is 0 Å². The van der Waals surface area contributed by atoms with Crippen LogP contribution < -0.4 is 0 Å². The fraction of sp³-hybridized carbons (Fsp3) is 0. The molecule has 1 aromatic heterocycles. The lowest BCUT2D eigenvalue weighted by Crippen LogP contribution is -1.64. The Morgan fingerprint density at radius 2 is 1.92 bits per heavy atom.